The van der Waals surface area contributed by atoms with Crippen LogP contribution in [0.5, 0.6) is 0 Å². The van der Waals surface area contributed by atoms with Gasteiger partial charge in [0.05, 0.1) is 29.2 Å². The number of alkyl halides is 3. The fourth-order valence-electron chi connectivity index (χ4n) is 2.30. The summed E-state index contributed by atoms with van der Waals surface area (Å²) < 4.78 is 39.0. The van der Waals surface area contributed by atoms with E-state index in [1.807, 2.05) is 0 Å². The zero-order valence-electron chi connectivity index (χ0n) is 13.1. The first kappa shape index (κ1) is 17.9. The molecule has 1 amide bonds. The van der Waals surface area contributed by atoms with Gasteiger partial charge in [-0.3, -0.25) is 4.79 Å². The molecule has 0 fully saturated rings. The number of anilines is 1. The van der Waals surface area contributed by atoms with Gasteiger partial charge >= 0.3 is 6.18 Å². The molecule has 0 aliphatic rings. The molecule has 0 bridgehead atoms. The van der Waals surface area contributed by atoms with E-state index in [2.05, 4.69) is 15.3 Å². The molecule has 1 heterocycles. The van der Waals surface area contributed by atoms with Crippen LogP contribution in [0.4, 0.5) is 18.9 Å². The summed E-state index contributed by atoms with van der Waals surface area (Å²) in [6.07, 6.45) is -1.99. The van der Waals surface area contributed by atoms with Crippen LogP contribution < -0.4 is 5.32 Å². The summed E-state index contributed by atoms with van der Waals surface area (Å²) in [5, 5.41) is 2.89. The van der Waals surface area contributed by atoms with Crippen molar-refractivity contribution in [1.29, 1.82) is 0 Å². The van der Waals surface area contributed by atoms with Crippen molar-refractivity contribution in [3.8, 4) is 11.4 Å². The summed E-state index contributed by atoms with van der Waals surface area (Å²) in [6, 6.07) is 11.4. The number of benzene rings is 2. The molecule has 0 unspecified atom stereocenters. The average Bonchev–Trinajstić information content (AvgIpc) is 2.61. The molecule has 0 spiro atoms. The second-order valence-electron chi connectivity index (χ2n) is 5.30. The minimum atomic E-state index is -4.62. The topological polar surface area (TPSA) is 54.9 Å². The maximum Gasteiger partial charge on any atom is 0.417 e. The van der Waals surface area contributed by atoms with E-state index < -0.39 is 23.2 Å². The molecule has 1 aromatic heterocycles. The molecule has 1 N–H and O–H groups in total. The number of carbonyl (C=O) groups is 1. The van der Waals surface area contributed by atoms with E-state index in [0.717, 1.165) is 12.1 Å². The van der Waals surface area contributed by atoms with Crippen LogP contribution in [0.3, 0.4) is 0 Å². The summed E-state index contributed by atoms with van der Waals surface area (Å²) in [6.45, 7) is 0. The van der Waals surface area contributed by atoms with Crippen molar-refractivity contribution in [2.75, 3.05) is 5.32 Å². The molecule has 3 aromatic rings. The van der Waals surface area contributed by atoms with Gasteiger partial charge in [-0.25, -0.2) is 9.97 Å². The summed E-state index contributed by atoms with van der Waals surface area (Å²) in [5.41, 5.74) is -0.622. The van der Waals surface area contributed by atoms with E-state index in [1.165, 1.54) is 24.5 Å². The van der Waals surface area contributed by atoms with E-state index in [9.17, 15) is 18.0 Å². The third-order valence-corrected chi connectivity index (χ3v) is 3.70. The van der Waals surface area contributed by atoms with Crippen molar-refractivity contribution < 1.29 is 18.0 Å². The Morgan fingerprint density at radius 1 is 1.00 bits per heavy atom. The van der Waals surface area contributed by atoms with Gasteiger partial charge < -0.3 is 5.32 Å². The fourth-order valence-corrected chi connectivity index (χ4v) is 2.49. The molecule has 26 heavy (non-hydrogen) atoms. The van der Waals surface area contributed by atoms with Gasteiger partial charge in [-0.05, 0) is 24.3 Å². The molecular weight excluding hydrogens is 367 g/mol. The van der Waals surface area contributed by atoms with Gasteiger partial charge in [0, 0.05) is 10.6 Å². The molecule has 0 saturated heterocycles. The summed E-state index contributed by atoms with van der Waals surface area (Å²) in [5.74, 6) is -0.516. The monoisotopic (exact) mass is 377 g/mol. The Morgan fingerprint density at radius 2 is 1.69 bits per heavy atom. The normalized spacial score (nSPS) is 11.2. The lowest BCUT2D eigenvalue weighted by Crippen LogP contribution is -2.18. The van der Waals surface area contributed by atoms with E-state index in [0.29, 0.717) is 16.4 Å². The number of nitrogens with zero attached hydrogens (tertiary/aromatic N) is 2. The molecule has 2 aromatic carbocycles. The standard InChI is InChI=1S/C18H11ClF3N3O/c19-12-5-3-4-11(8-12)16-23-9-13(10-24-16)25-17(26)14-6-1-2-7-15(14)18(20,21)22/h1-10H,(H,25,26). The van der Waals surface area contributed by atoms with Gasteiger partial charge in [-0.1, -0.05) is 35.9 Å². The SMILES string of the molecule is O=C(Nc1cnc(-c2cccc(Cl)c2)nc1)c1ccccc1C(F)(F)F. The molecule has 4 nitrogen and oxygen atoms in total. The average molecular weight is 378 g/mol. The van der Waals surface area contributed by atoms with Crippen molar-refractivity contribution in [3.63, 3.8) is 0 Å². The van der Waals surface area contributed by atoms with Gasteiger partial charge in [-0.2, -0.15) is 13.2 Å². The number of carbonyl (C=O) groups excluding carboxylic acids is 1. The first-order valence-corrected chi connectivity index (χ1v) is 7.78. The van der Waals surface area contributed by atoms with Gasteiger partial charge in [0.1, 0.15) is 0 Å². The van der Waals surface area contributed by atoms with Gasteiger partial charge in [0.25, 0.3) is 5.91 Å². The molecule has 0 radical (unpaired) electrons. The lowest BCUT2D eigenvalue weighted by atomic mass is 10.1. The van der Waals surface area contributed by atoms with Crippen LogP contribution in [-0.4, -0.2) is 15.9 Å². The first-order valence-electron chi connectivity index (χ1n) is 7.40. The van der Waals surface area contributed by atoms with Crippen LogP contribution in [0, 0.1) is 0 Å². The number of amides is 1. The van der Waals surface area contributed by atoms with Crippen molar-refractivity contribution in [2.24, 2.45) is 0 Å². The van der Waals surface area contributed by atoms with Gasteiger partial charge in [0.2, 0.25) is 0 Å². The quantitative estimate of drug-likeness (QED) is 0.693. The second-order valence-corrected chi connectivity index (χ2v) is 5.74. The lowest BCUT2D eigenvalue weighted by Gasteiger charge is -2.12. The number of halogens is 4. The Morgan fingerprint density at radius 3 is 2.35 bits per heavy atom. The number of rotatable bonds is 3. The predicted octanol–water partition coefficient (Wildman–Crippen LogP) is 5.07. The summed E-state index contributed by atoms with van der Waals surface area (Å²) in [4.78, 5) is 20.4. The highest BCUT2D eigenvalue weighted by molar-refractivity contribution is 6.30. The van der Waals surface area contributed by atoms with E-state index in [1.54, 1.807) is 24.3 Å². The summed E-state index contributed by atoms with van der Waals surface area (Å²) >= 11 is 5.91. The molecule has 132 valence electrons. The van der Waals surface area contributed by atoms with E-state index in [-0.39, 0.29) is 5.69 Å². The Balaban J connectivity index is 1.81. The van der Waals surface area contributed by atoms with E-state index >= 15 is 0 Å². The Labute approximate surface area is 151 Å². The van der Waals surface area contributed by atoms with Crippen molar-refractivity contribution >= 4 is 23.2 Å². The number of hydrogen-bond acceptors (Lipinski definition) is 3. The lowest BCUT2D eigenvalue weighted by molar-refractivity contribution is -0.137. The molecule has 3 rings (SSSR count). The molecule has 8 heteroatoms. The van der Waals surface area contributed by atoms with Gasteiger partial charge in [-0.15, -0.1) is 0 Å². The predicted molar refractivity (Wildman–Crippen MR) is 91.9 cm³/mol. The third kappa shape index (κ3) is 4.00. The number of nitrogens with one attached hydrogen (secondary N) is 1. The maximum atomic E-state index is 13.0. The van der Waals surface area contributed by atoms with Crippen LogP contribution in [0.25, 0.3) is 11.4 Å². The fraction of sp³-hybridized carbons (Fsp3) is 0.0556. The smallest absolute Gasteiger partial charge is 0.319 e. The van der Waals surface area contributed by atoms with E-state index in [4.69, 9.17) is 11.6 Å². The number of aromatic nitrogens is 2. The molecule has 0 aliphatic carbocycles. The highest BCUT2D eigenvalue weighted by Crippen LogP contribution is 2.32. The van der Waals surface area contributed by atoms with Crippen LogP contribution in [0.2, 0.25) is 5.02 Å². The van der Waals surface area contributed by atoms with Crippen molar-refractivity contribution in [3.05, 3.63) is 77.1 Å². The molecular formula is C18H11ClF3N3O. The molecule has 0 saturated carbocycles. The third-order valence-electron chi connectivity index (χ3n) is 3.47. The highest BCUT2D eigenvalue weighted by Gasteiger charge is 2.34. The Bertz CT molecular complexity index is 943. The van der Waals surface area contributed by atoms with Crippen LogP contribution >= 0.6 is 11.6 Å². The largest absolute Gasteiger partial charge is 0.417 e. The zero-order chi connectivity index (χ0) is 18.7. The highest BCUT2D eigenvalue weighted by atomic mass is 35.5. The maximum absolute atomic E-state index is 13.0. The minimum Gasteiger partial charge on any atom is -0.319 e. The van der Waals surface area contributed by atoms with Crippen LogP contribution in [-0.2, 0) is 6.18 Å². The molecule has 0 atom stereocenters. The summed E-state index contributed by atoms with van der Waals surface area (Å²) in [7, 11) is 0. The first-order chi connectivity index (χ1) is 12.3. The Hall–Kier alpha value is -2.93. The number of hydrogen-bond donors (Lipinski definition) is 1. The minimum absolute atomic E-state index is 0.178. The van der Waals surface area contributed by atoms with Crippen molar-refractivity contribution in [2.45, 2.75) is 6.18 Å². The van der Waals surface area contributed by atoms with Crippen molar-refractivity contribution in [1.82, 2.24) is 9.97 Å². The van der Waals surface area contributed by atoms with Gasteiger partial charge in [0.15, 0.2) is 5.82 Å². The molecule has 0 aliphatic heterocycles. The van der Waals surface area contributed by atoms with Crippen LogP contribution in [0.1, 0.15) is 15.9 Å². The Kier molecular flexibility index (Phi) is 4.90. The second kappa shape index (κ2) is 7.13. The zero-order valence-corrected chi connectivity index (χ0v) is 13.8. The van der Waals surface area contributed by atoms with Crippen LogP contribution in [0.15, 0.2) is 60.9 Å².